The normalized spacial score (nSPS) is 39.3. The third-order valence-corrected chi connectivity index (χ3v) is 8.90. The van der Waals surface area contributed by atoms with Crippen LogP contribution in [0.5, 0.6) is 0 Å². The Labute approximate surface area is 180 Å². The number of rotatable bonds is 4. The van der Waals surface area contributed by atoms with E-state index in [9.17, 15) is 13.2 Å². The number of nitrogens with one attached hydrogen (secondary N) is 1. The second kappa shape index (κ2) is 6.40. The van der Waals surface area contributed by atoms with E-state index in [1.54, 1.807) is 30.0 Å². The van der Waals surface area contributed by atoms with Crippen LogP contribution in [0, 0.1) is 23.2 Å². The van der Waals surface area contributed by atoms with Crippen molar-refractivity contribution in [3.63, 3.8) is 0 Å². The number of ether oxygens (including phenoxy) is 2. The van der Waals surface area contributed by atoms with Crippen LogP contribution in [0.2, 0.25) is 5.02 Å². The predicted octanol–water partition coefficient (Wildman–Crippen LogP) is 1.78. The summed E-state index contributed by atoms with van der Waals surface area (Å²) in [6.07, 6.45) is 0.615. The van der Waals surface area contributed by atoms with E-state index in [0.717, 1.165) is 0 Å². The molecule has 30 heavy (non-hydrogen) atoms. The summed E-state index contributed by atoms with van der Waals surface area (Å²) in [5, 5.41) is 9.41. The first-order chi connectivity index (χ1) is 14.2. The standard InChI is InChI=1S/C20H22ClN3O5S/c1-3-30(26,27)23-14-9-20-6-7-28-18-16(20)15(19(14,2)29-20)17(25)24(18)12-5-4-11(10-22)13(21)8-12/h4-5,8,14-16,18,23H,3,6-7,9H2,1-2H3/t14-,15-,16+,18+,19-,20+/m1/s1. The van der Waals surface area contributed by atoms with Gasteiger partial charge in [-0.3, -0.25) is 9.69 Å². The van der Waals surface area contributed by atoms with Crippen LogP contribution in [0.4, 0.5) is 5.69 Å². The number of nitrogens with zero attached hydrogens (tertiary/aromatic N) is 2. The van der Waals surface area contributed by atoms with Gasteiger partial charge in [0, 0.05) is 18.0 Å². The summed E-state index contributed by atoms with van der Waals surface area (Å²) in [6.45, 7) is 3.82. The molecule has 1 aromatic rings. The van der Waals surface area contributed by atoms with Crippen LogP contribution in [-0.2, 0) is 24.3 Å². The number of halogens is 1. The van der Waals surface area contributed by atoms with Crippen molar-refractivity contribution >= 4 is 33.2 Å². The van der Waals surface area contributed by atoms with E-state index in [0.29, 0.717) is 30.7 Å². The molecule has 4 heterocycles. The molecular formula is C20H22ClN3O5S. The molecule has 4 aliphatic heterocycles. The van der Waals surface area contributed by atoms with Gasteiger partial charge in [0.05, 0.1) is 46.1 Å². The quantitative estimate of drug-likeness (QED) is 0.747. The molecule has 10 heteroatoms. The van der Waals surface area contributed by atoms with Crippen LogP contribution < -0.4 is 9.62 Å². The van der Waals surface area contributed by atoms with Crippen LogP contribution in [-0.4, -0.2) is 50.2 Å². The Morgan fingerprint density at radius 1 is 1.43 bits per heavy atom. The lowest BCUT2D eigenvalue weighted by atomic mass is 9.64. The van der Waals surface area contributed by atoms with Crippen LogP contribution in [0.15, 0.2) is 18.2 Å². The van der Waals surface area contributed by atoms with Crippen molar-refractivity contribution in [2.45, 2.75) is 50.2 Å². The topological polar surface area (TPSA) is 109 Å². The van der Waals surface area contributed by atoms with Crippen LogP contribution >= 0.6 is 11.6 Å². The van der Waals surface area contributed by atoms with Gasteiger partial charge in [0.2, 0.25) is 15.9 Å². The number of anilines is 1. The van der Waals surface area contributed by atoms with E-state index in [1.165, 1.54) is 0 Å². The van der Waals surface area contributed by atoms with Gasteiger partial charge >= 0.3 is 0 Å². The molecule has 1 N–H and O–H groups in total. The Kier molecular flexibility index (Phi) is 4.32. The zero-order chi connectivity index (χ0) is 21.5. The first-order valence-corrected chi connectivity index (χ1v) is 12.0. The fourth-order valence-corrected chi connectivity index (χ4v) is 6.97. The Balaban J connectivity index is 1.56. The monoisotopic (exact) mass is 451 g/mol. The lowest BCUT2D eigenvalue weighted by molar-refractivity contribution is -0.139. The van der Waals surface area contributed by atoms with Gasteiger partial charge in [-0.1, -0.05) is 11.6 Å². The fourth-order valence-electron chi connectivity index (χ4n) is 5.83. The number of hydrogen-bond donors (Lipinski definition) is 1. The number of nitriles is 1. The number of carbonyl (C=O) groups excluding carboxylic acids is 1. The molecule has 4 fully saturated rings. The summed E-state index contributed by atoms with van der Waals surface area (Å²) < 4.78 is 39.8. The largest absolute Gasteiger partial charge is 0.366 e. The van der Waals surface area contributed by atoms with Gasteiger partial charge in [0.25, 0.3) is 0 Å². The van der Waals surface area contributed by atoms with Gasteiger partial charge in [0.15, 0.2) is 0 Å². The van der Waals surface area contributed by atoms with Gasteiger partial charge in [-0.15, -0.1) is 0 Å². The lowest BCUT2D eigenvalue weighted by Gasteiger charge is -2.42. The average molecular weight is 452 g/mol. The van der Waals surface area contributed by atoms with Gasteiger partial charge in [0.1, 0.15) is 12.3 Å². The molecule has 2 bridgehead atoms. The highest BCUT2D eigenvalue weighted by Gasteiger charge is 2.78. The van der Waals surface area contributed by atoms with E-state index in [1.807, 2.05) is 13.0 Å². The zero-order valence-corrected chi connectivity index (χ0v) is 18.2. The zero-order valence-electron chi connectivity index (χ0n) is 16.6. The number of carbonyl (C=O) groups is 1. The highest BCUT2D eigenvalue weighted by atomic mass is 35.5. The fraction of sp³-hybridized carbons (Fsp3) is 0.600. The molecule has 0 radical (unpaired) electrons. The van der Waals surface area contributed by atoms with E-state index in [-0.39, 0.29) is 22.6 Å². The SMILES string of the molecule is CCS(=O)(=O)N[C@@H]1C[C@@]23CCO[C@H]4[C@@H]2[C@H](C(=O)N4c2ccc(C#N)c(Cl)c2)[C@]1(C)O3. The summed E-state index contributed by atoms with van der Waals surface area (Å²) in [4.78, 5) is 15.3. The highest BCUT2D eigenvalue weighted by Crippen LogP contribution is 2.65. The molecule has 1 amide bonds. The summed E-state index contributed by atoms with van der Waals surface area (Å²) in [5.74, 6) is -0.926. The third-order valence-electron chi connectivity index (χ3n) is 7.18. The van der Waals surface area contributed by atoms with E-state index < -0.39 is 39.4 Å². The number of amides is 1. The molecule has 0 unspecified atom stereocenters. The van der Waals surface area contributed by atoms with Gasteiger partial charge in [-0.25, -0.2) is 13.1 Å². The second-order valence-electron chi connectivity index (χ2n) is 8.63. The average Bonchev–Trinajstić information content (AvgIpc) is 3.25. The minimum Gasteiger partial charge on any atom is -0.366 e. The molecule has 6 atom stereocenters. The second-order valence-corrected chi connectivity index (χ2v) is 11.1. The Morgan fingerprint density at radius 2 is 2.20 bits per heavy atom. The van der Waals surface area contributed by atoms with E-state index >= 15 is 0 Å². The summed E-state index contributed by atoms with van der Waals surface area (Å²) in [5.41, 5.74) is -0.669. The Bertz CT molecular complexity index is 1090. The number of benzene rings is 1. The molecule has 160 valence electrons. The van der Waals surface area contributed by atoms with Crippen LogP contribution in [0.1, 0.15) is 32.3 Å². The minimum absolute atomic E-state index is 0.0315. The maximum absolute atomic E-state index is 13.6. The van der Waals surface area contributed by atoms with Gasteiger partial charge in [-0.05, 0) is 38.5 Å². The first kappa shape index (κ1) is 20.2. The van der Waals surface area contributed by atoms with Crippen molar-refractivity contribution in [3.8, 4) is 6.07 Å². The van der Waals surface area contributed by atoms with E-state index in [2.05, 4.69) is 4.72 Å². The molecule has 5 rings (SSSR count). The number of fused-ring (bicyclic) bond motifs is 2. The molecule has 0 aliphatic carbocycles. The maximum atomic E-state index is 13.6. The van der Waals surface area contributed by atoms with Gasteiger partial charge < -0.3 is 9.47 Å². The lowest BCUT2D eigenvalue weighted by Crippen LogP contribution is -2.58. The van der Waals surface area contributed by atoms with Gasteiger partial charge in [-0.2, -0.15) is 5.26 Å². The minimum atomic E-state index is -3.45. The number of hydrogen-bond acceptors (Lipinski definition) is 6. The maximum Gasteiger partial charge on any atom is 0.235 e. The molecule has 8 nitrogen and oxygen atoms in total. The van der Waals surface area contributed by atoms with Crippen molar-refractivity contribution in [2.75, 3.05) is 17.3 Å². The molecule has 1 aromatic carbocycles. The summed E-state index contributed by atoms with van der Waals surface area (Å²) >= 11 is 6.21. The van der Waals surface area contributed by atoms with Crippen molar-refractivity contribution in [1.29, 1.82) is 5.26 Å². The predicted molar refractivity (Wildman–Crippen MR) is 108 cm³/mol. The molecule has 0 aromatic heterocycles. The van der Waals surface area contributed by atoms with Crippen LogP contribution in [0.3, 0.4) is 0 Å². The summed E-state index contributed by atoms with van der Waals surface area (Å²) in [6, 6.07) is 6.42. The molecule has 0 saturated carbocycles. The van der Waals surface area contributed by atoms with Crippen molar-refractivity contribution in [3.05, 3.63) is 28.8 Å². The first-order valence-electron chi connectivity index (χ1n) is 10.0. The Morgan fingerprint density at radius 3 is 2.87 bits per heavy atom. The Hall–Kier alpha value is -1.70. The molecule has 1 spiro atoms. The number of sulfonamides is 1. The van der Waals surface area contributed by atoms with Crippen molar-refractivity contribution in [2.24, 2.45) is 11.8 Å². The van der Waals surface area contributed by atoms with Crippen molar-refractivity contribution in [1.82, 2.24) is 4.72 Å². The molecule has 4 saturated heterocycles. The van der Waals surface area contributed by atoms with Crippen molar-refractivity contribution < 1.29 is 22.7 Å². The van der Waals surface area contributed by atoms with Crippen LogP contribution in [0.25, 0.3) is 0 Å². The summed E-state index contributed by atoms with van der Waals surface area (Å²) in [7, 11) is -3.45. The highest BCUT2D eigenvalue weighted by molar-refractivity contribution is 7.89. The molecular weight excluding hydrogens is 430 g/mol. The van der Waals surface area contributed by atoms with E-state index in [4.69, 9.17) is 26.3 Å². The third kappa shape index (κ3) is 2.55. The smallest absolute Gasteiger partial charge is 0.235 e. The molecule has 4 aliphatic rings.